The third-order valence-corrected chi connectivity index (χ3v) is 7.27. The zero-order valence-electron chi connectivity index (χ0n) is 20.7. The molecule has 1 saturated heterocycles. The van der Waals surface area contributed by atoms with E-state index in [2.05, 4.69) is 20.5 Å². The van der Waals surface area contributed by atoms with Gasteiger partial charge < -0.3 is 24.5 Å². The lowest BCUT2D eigenvalue weighted by molar-refractivity contribution is 0.0946. The SMILES string of the molecule is O=C(NCc1ccco1)c1ccc(N2C[C@H]3C[C@@H](C2)c2cccc(=O)n2C3)c(NC(=O)c2ccncc2)c1. The lowest BCUT2D eigenvalue weighted by Gasteiger charge is -2.44. The summed E-state index contributed by atoms with van der Waals surface area (Å²) in [5.74, 6) is 0.616. The number of benzene rings is 1. The summed E-state index contributed by atoms with van der Waals surface area (Å²) in [6, 6.07) is 17.7. The van der Waals surface area contributed by atoms with Gasteiger partial charge in [0.1, 0.15) is 5.76 Å². The minimum atomic E-state index is -0.282. The Morgan fingerprint density at radius 3 is 2.63 bits per heavy atom. The van der Waals surface area contributed by atoms with Crippen LogP contribution in [0.3, 0.4) is 0 Å². The molecule has 2 atom stereocenters. The van der Waals surface area contributed by atoms with Gasteiger partial charge in [-0.05, 0) is 60.9 Å². The van der Waals surface area contributed by atoms with E-state index in [4.69, 9.17) is 4.42 Å². The van der Waals surface area contributed by atoms with Crippen molar-refractivity contribution in [3.63, 3.8) is 0 Å². The molecule has 2 aliphatic rings. The predicted octanol–water partition coefficient (Wildman–Crippen LogP) is 3.64. The van der Waals surface area contributed by atoms with E-state index in [1.807, 2.05) is 22.8 Å². The predicted molar refractivity (Wildman–Crippen MR) is 142 cm³/mol. The molecule has 0 radical (unpaired) electrons. The lowest BCUT2D eigenvalue weighted by Crippen LogP contribution is -2.47. The quantitative estimate of drug-likeness (QED) is 0.411. The molecule has 4 aromatic rings. The van der Waals surface area contributed by atoms with Crippen molar-refractivity contribution in [2.45, 2.75) is 25.4 Å². The molecule has 192 valence electrons. The van der Waals surface area contributed by atoms with Gasteiger partial charge in [-0.3, -0.25) is 19.4 Å². The number of carbonyl (C=O) groups is 2. The molecule has 2 amide bonds. The highest BCUT2D eigenvalue weighted by Gasteiger charge is 2.35. The molecule has 0 unspecified atom stereocenters. The molecule has 2 N–H and O–H groups in total. The molecule has 0 spiro atoms. The van der Waals surface area contributed by atoms with Crippen molar-refractivity contribution in [2.24, 2.45) is 5.92 Å². The number of rotatable bonds is 6. The Labute approximate surface area is 219 Å². The monoisotopic (exact) mass is 509 g/mol. The molecule has 9 nitrogen and oxygen atoms in total. The summed E-state index contributed by atoms with van der Waals surface area (Å²) in [7, 11) is 0. The van der Waals surface area contributed by atoms with Crippen molar-refractivity contribution in [2.75, 3.05) is 23.3 Å². The molecule has 1 aromatic carbocycles. The molecule has 0 aliphatic carbocycles. The number of nitrogens with one attached hydrogen (secondary N) is 2. The van der Waals surface area contributed by atoms with Gasteiger partial charge in [0.25, 0.3) is 17.4 Å². The normalized spacial score (nSPS) is 17.9. The second-order valence-electron chi connectivity index (χ2n) is 9.79. The fourth-order valence-electron chi connectivity index (χ4n) is 5.53. The second kappa shape index (κ2) is 10.0. The van der Waals surface area contributed by atoms with Gasteiger partial charge in [0.15, 0.2) is 0 Å². The molecular formula is C29H27N5O4. The minimum absolute atomic E-state index is 0.0425. The minimum Gasteiger partial charge on any atom is -0.467 e. The second-order valence-corrected chi connectivity index (χ2v) is 9.79. The van der Waals surface area contributed by atoms with Crippen molar-refractivity contribution in [3.8, 4) is 0 Å². The van der Waals surface area contributed by atoms with Crippen LogP contribution >= 0.6 is 0 Å². The Bertz CT molecular complexity index is 1530. The highest BCUT2D eigenvalue weighted by atomic mass is 16.3. The molecule has 2 bridgehead atoms. The summed E-state index contributed by atoms with van der Waals surface area (Å²) >= 11 is 0. The highest BCUT2D eigenvalue weighted by Crippen LogP contribution is 2.39. The fraction of sp³-hybridized carbons (Fsp3) is 0.241. The van der Waals surface area contributed by atoms with Crippen molar-refractivity contribution >= 4 is 23.2 Å². The van der Waals surface area contributed by atoms with Crippen molar-refractivity contribution in [3.05, 3.63) is 112 Å². The van der Waals surface area contributed by atoms with Crippen LogP contribution in [0.4, 0.5) is 11.4 Å². The Morgan fingerprint density at radius 2 is 1.82 bits per heavy atom. The van der Waals surface area contributed by atoms with Crippen molar-refractivity contribution in [1.29, 1.82) is 0 Å². The highest BCUT2D eigenvalue weighted by molar-refractivity contribution is 6.07. The Morgan fingerprint density at radius 1 is 0.947 bits per heavy atom. The smallest absolute Gasteiger partial charge is 0.255 e. The number of aromatic nitrogens is 2. The fourth-order valence-corrected chi connectivity index (χ4v) is 5.53. The van der Waals surface area contributed by atoms with Crippen LogP contribution in [0.15, 0.2) is 88.5 Å². The van der Waals surface area contributed by atoms with Crippen LogP contribution in [-0.2, 0) is 13.1 Å². The number of hydrogen-bond acceptors (Lipinski definition) is 6. The number of fused-ring (bicyclic) bond motifs is 4. The number of anilines is 2. The van der Waals surface area contributed by atoms with E-state index in [0.717, 1.165) is 24.3 Å². The van der Waals surface area contributed by atoms with Crippen LogP contribution in [0.2, 0.25) is 0 Å². The number of piperidine rings is 1. The van der Waals surface area contributed by atoms with Gasteiger partial charge in [-0.25, -0.2) is 0 Å². The van der Waals surface area contributed by atoms with Crippen LogP contribution in [0, 0.1) is 5.92 Å². The first-order valence-electron chi connectivity index (χ1n) is 12.7. The van der Waals surface area contributed by atoms with E-state index >= 15 is 0 Å². The van der Waals surface area contributed by atoms with Crippen LogP contribution < -0.4 is 21.1 Å². The van der Waals surface area contributed by atoms with E-state index in [1.165, 1.54) is 0 Å². The first-order chi connectivity index (χ1) is 18.5. The van der Waals surface area contributed by atoms with Crippen molar-refractivity contribution in [1.82, 2.24) is 14.9 Å². The maximum atomic E-state index is 13.1. The van der Waals surface area contributed by atoms with Gasteiger partial charge >= 0.3 is 0 Å². The van der Waals surface area contributed by atoms with Crippen LogP contribution in [0.5, 0.6) is 0 Å². The van der Waals surface area contributed by atoms with E-state index in [1.54, 1.807) is 61.1 Å². The third kappa shape index (κ3) is 4.70. The summed E-state index contributed by atoms with van der Waals surface area (Å²) in [4.78, 5) is 44.7. The Hall–Kier alpha value is -4.66. The molecule has 38 heavy (non-hydrogen) atoms. The lowest BCUT2D eigenvalue weighted by atomic mass is 9.83. The van der Waals surface area contributed by atoms with Crippen LogP contribution in [-0.4, -0.2) is 34.5 Å². The van der Waals surface area contributed by atoms with E-state index < -0.39 is 0 Å². The van der Waals surface area contributed by atoms with Gasteiger partial charge in [0, 0.05) is 60.8 Å². The van der Waals surface area contributed by atoms with Gasteiger partial charge in [-0.2, -0.15) is 0 Å². The Balaban J connectivity index is 1.30. The van der Waals surface area contributed by atoms with E-state index in [9.17, 15) is 14.4 Å². The standard InChI is InChI=1S/C29H27N5O4/c35-27-5-1-4-25-22-13-19(17-34(25)27)16-33(18-22)26-7-6-21(28(36)31-15-23-3-2-12-38-23)14-24(26)32-29(37)20-8-10-30-11-9-20/h1-12,14,19,22H,13,15-18H2,(H,31,36)(H,32,37)/t19-,22+/m1/s1. The van der Waals surface area contributed by atoms with Gasteiger partial charge in [0.05, 0.1) is 24.2 Å². The van der Waals surface area contributed by atoms with Crippen LogP contribution in [0.1, 0.15) is 44.5 Å². The number of nitrogens with zero attached hydrogens (tertiary/aromatic N) is 3. The molecule has 1 fully saturated rings. The average Bonchev–Trinajstić information content (AvgIpc) is 3.46. The number of carbonyl (C=O) groups excluding carboxylic acids is 2. The molecule has 3 aromatic heterocycles. The van der Waals surface area contributed by atoms with Crippen molar-refractivity contribution < 1.29 is 14.0 Å². The number of amides is 2. The van der Waals surface area contributed by atoms with Gasteiger partial charge in [-0.15, -0.1) is 0 Å². The average molecular weight is 510 g/mol. The summed E-state index contributed by atoms with van der Waals surface area (Å²) in [6.45, 7) is 2.40. The van der Waals surface area contributed by atoms with Crippen LogP contribution in [0.25, 0.3) is 0 Å². The number of hydrogen-bond donors (Lipinski definition) is 2. The zero-order chi connectivity index (χ0) is 26.1. The van der Waals surface area contributed by atoms with E-state index in [0.29, 0.717) is 41.6 Å². The Kier molecular flexibility index (Phi) is 6.25. The first-order valence-corrected chi connectivity index (χ1v) is 12.7. The largest absolute Gasteiger partial charge is 0.467 e. The molecule has 2 aliphatic heterocycles. The van der Waals surface area contributed by atoms with Gasteiger partial charge in [0.2, 0.25) is 0 Å². The maximum absolute atomic E-state index is 13.1. The molecule has 6 rings (SSSR count). The summed E-state index contributed by atoms with van der Waals surface area (Å²) in [6.07, 6.45) is 5.72. The summed E-state index contributed by atoms with van der Waals surface area (Å²) in [5.41, 5.74) is 3.40. The number of pyridine rings is 2. The third-order valence-electron chi connectivity index (χ3n) is 7.27. The number of furan rings is 1. The summed E-state index contributed by atoms with van der Waals surface area (Å²) < 4.78 is 7.20. The summed E-state index contributed by atoms with van der Waals surface area (Å²) in [5, 5.41) is 5.88. The molecule has 5 heterocycles. The maximum Gasteiger partial charge on any atom is 0.255 e. The molecule has 0 saturated carbocycles. The first kappa shape index (κ1) is 23.7. The van der Waals surface area contributed by atoms with Gasteiger partial charge in [-0.1, -0.05) is 6.07 Å². The molecular weight excluding hydrogens is 482 g/mol. The topological polar surface area (TPSA) is 109 Å². The molecule has 9 heteroatoms. The van der Waals surface area contributed by atoms with E-state index in [-0.39, 0.29) is 29.8 Å². The zero-order valence-corrected chi connectivity index (χ0v) is 20.7.